The zero-order chi connectivity index (χ0) is 19.0. The van der Waals surface area contributed by atoms with Crippen molar-refractivity contribution in [1.82, 2.24) is 9.88 Å². The Labute approximate surface area is 157 Å². The molecule has 1 aromatic heterocycles. The fourth-order valence-electron chi connectivity index (χ4n) is 3.44. The van der Waals surface area contributed by atoms with E-state index in [0.29, 0.717) is 18.7 Å². The number of amides is 2. The molecule has 0 bridgehead atoms. The monoisotopic (exact) mass is 363 g/mol. The number of aromatic amines is 1. The van der Waals surface area contributed by atoms with Crippen LogP contribution >= 0.6 is 0 Å². The van der Waals surface area contributed by atoms with E-state index in [4.69, 9.17) is 4.74 Å². The number of carbonyl (C=O) groups excluding carboxylic acids is 2. The number of aryl methyl sites for hydroxylation is 1. The van der Waals surface area contributed by atoms with Crippen LogP contribution in [0.2, 0.25) is 0 Å². The lowest BCUT2D eigenvalue weighted by Gasteiger charge is -2.37. The topological polar surface area (TPSA) is 74.4 Å². The molecule has 1 aliphatic heterocycles. The van der Waals surface area contributed by atoms with Gasteiger partial charge in [-0.3, -0.25) is 9.59 Å². The van der Waals surface area contributed by atoms with Gasteiger partial charge in [-0.15, -0.1) is 0 Å². The van der Waals surface area contributed by atoms with Crippen molar-refractivity contribution in [3.63, 3.8) is 0 Å². The van der Waals surface area contributed by atoms with E-state index in [0.717, 1.165) is 27.7 Å². The van der Waals surface area contributed by atoms with Gasteiger partial charge in [-0.2, -0.15) is 0 Å². The van der Waals surface area contributed by atoms with Crippen molar-refractivity contribution in [3.05, 3.63) is 59.8 Å². The van der Waals surface area contributed by atoms with E-state index in [2.05, 4.69) is 10.3 Å². The first kappa shape index (κ1) is 17.1. The van der Waals surface area contributed by atoms with Crippen molar-refractivity contribution in [2.75, 3.05) is 19.0 Å². The van der Waals surface area contributed by atoms with Crippen LogP contribution in [-0.4, -0.2) is 35.4 Å². The average Bonchev–Trinajstić information content (AvgIpc) is 3.09. The third kappa shape index (κ3) is 3.03. The van der Waals surface area contributed by atoms with Gasteiger partial charge in [-0.1, -0.05) is 18.2 Å². The van der Waals surface area contributed by atoms with Gasteiger partial charge in [0.15, 0.2) is 0 Å². The maximum absolute atomic E-state index is 13.2. The Balaban J connectivity index is 1.75. The quantitative estimate of drug-likeness (QED) is 0.682. The molecule has 4 rings (SSSR count). The van der Waals surface area contributed by atoms with Crippen LogP contribution in [0, 0.1) is 6.92 Å². The summed E-state index contributed by atoms with van der Waals surface area (Å²) in [5.41, 5.74) is 3.38. The number of methoxy groups -OCH3 is 1. The van der Waals surface area contributed by atoms with Gasteiger partial charge < -0.3 is 19.9 Å². The molecule has 3 aromatic rings. The Morgan fingerprint density at radius 1 is 1.26 bits per heavy atom. The highest BCUT2D eigenvalue weighted by Gasteiger charge is 2.38. The third-order valence-electron chi connectivity index (χ3n) is 5.07. The van der Waals surface area contributed by atoms with Crippen molar-refractivity contribution >= 4 is 28.4 Å². The fourth-order valence-corrected chi connectivity index (χ4v) is 3.44. The molecule has 2 aromatic carbocycles. The second-order valence-corrected chi connectivity index (χ2v) is 6.70. The number of likely N-dealkylation sites (tertiary alicyclic amines) is 1. The largest absolute Gasteiger partial charge is 0.497 e. The van der Waals surface area contributed by atoms with Crippen molar-refractivity contribution in [3.8, 4) is 5.75 Å². The smallest absolute Gasteiger partial charge is 0.251 e. The first-order chi connectivity index (χ1) is 13.1. The number of benzene rings is 2. The number of ether oxygens (including phenoxy) is 1. The Kier molecular flexibility index (Phi) is 4.32. The zero-order valence-corrected chi connectivity index (χ0v) is 15.3. The second-order valence-electron chi connectivity index (χ2n) is 6.70. The highest BCUT2D eigenvalue weighted by atomic mass is 16.5. The van der Waals surface area contributed by atoms with E-state index in [-0.39, 0.29) is 11.8 Å². The molecule has 27 heavy (non-hydrogen) atoms. The summed E-state index contributed by atoms with van der Waals surface area (Å²) in [5.74, 6) is 0.467. The minimum atomic E-state index is -0.688. The SMILES string of the molecule is COc1ccc2[nH]cc([C@H](C(=O)Nc3ccccc3C)N3CCC3=O)c2c1. The van der Waals surface area contributed by atoms with Crippen LogP contribution in [0.1, 0.15) is 23.6 Å². The first-order valence-electron chi connectivity index (χ1n) is 8.89. The zero-order valence-electron chi connectivity index (χ0n) is 15.3. The molecule has 1 aliphatic rings. The molecular formula is C21H21N3O3. The van der Waals surface area contributed by atoms with Gasteiger partial charge in [-0.05, 0) is 36.8 Å². The van der Waals surface area contributed by atoms with E-state index < -0.39 is 6.04 Å². The Morgan fingerprint density at radius 3 is 2.74 bits per heavy atom. The van der Waals surface area contributed by atoms with Crippen LogP contribution in [0.3, 0.4) is 0 Å². The van der Waals surface area contributed by atoms with Crippen molar-refractivity contribution < 1.29 is 14.3 Å². The number of hydrogen-bond acceptors (Lipinski definition) is 3. The molecule has 138 valence electrons. The summed E-state index contributed by atoms with van der Waals surface area (Å²) in [4.78, 5) is 30.2. The number of β-lactam (4-membered cyclic amide) rings is 1. The van der Waals surface area contributed by atoms with E-state index >= 15 is 0 Å². The Morgan fingerprint density at radius 2 is 2.07 bits per heavy atom. The van der Waals surface area contributed by atoms with Crippen molar-refractivity contribution in [2.24, 2.45) is 0 Å². The lowest BCUT2D eigenvalue weighted by molar-refractivity contribution is -0.147. The number of carbonyl (C=O) groups is 2. The maximum Gasteiger partial charge on any atom is 0.251 e. The summed E-state index contributed by atoms with van der Waals surface area (Å²) in [6.07, 6.45) is 2.28. The lowest BCUT2D eigenvalue weighted by atomic mass is 9.99. The van der Waals surface area contributed by atoms with Crippen LogP contribution in [0.25, 0.3) is 10.9 Å². The fraction of sp³-hybridized carbons (Fsp3) is 0.238. The molecule has 2 amide bonds. The molecule has 6 nitrogen and oxygen atoms in total. The first-order valence-corrected chi connectivity index (χ1v) is 8.89. The van der Waals surface area contributed by atoms with E-state index in [1.165, 1.54) is 0 Å². The van der Waals surface area contributed by atoms with Crippen molar-refractivity contribution in [2.45, 2.75) is 19.4 Å². The molecular weight excluding hydrogens is 342 g/mol. The molecule has 0 aliphatic carbocycles. The summed E-state index contributed by atoms with van der Waals surface area (Å²) in [6.45, 7) is 2.51. The number of para-hydroxylation sites is 1. The molecule has 0 unspecified atom stereocenters. The number of fused-ring (bicyclic) bond motifs is 1. The van der Waals surface area contributed by atoms with Gasteiger partial charge in [0.05, 0.1) is 7.11 Å². The number of rotatable bonds is 5. The summed E-state index contributed by atoms with van der Waals surface area (Å²) >= 11 is 0. The van der Waals surface area contributed by atoms with Crippen LogP contribution in [0.4, 0.5) is 5.69 Å². The molecule has 1 fully saturated rings. The lowest BCUT2D eigenvalue weighted by Crippen LogP contribution is -2.49. The van der Waals surface area contributed by atoms with E-state index in [1.807, 2.05) is 49.4 Å². The van der Waals surface area contributed by atoms with E-state index in [9.17, 15) is 9.59 Å². The summed E-state index contributed by atoms with van der Waals surface area (Å²) in [5, 5.41) is 3.86. The van der Waals surface area contributed by atoms with Gasteiger partial charge in [0.25, 0.3) is 5.91 Å². The number of nitrogens with one attached hydrogen (secondary N) is 2. The Bertz CT molecular complexity index is 1020. The number of hydrogen-bond donors (Lipinski definition) is 2. The molecule has 2 N–H and O–H groups in total. The third-order valence-corrected chi connectivity index (χ3v) is 5.07. The van der Waals surface area contributed by atoms with Crippen molar-refractivity contribution in [1.29, 1.82) is 0 Å². The highest BCUT2D eigenvalue weighted by Crippen LogP contribution is 2.34. The highest BCUT2D eigenvalue weighted by molar-refractivity contribution is 6.02. The van der Waals surface area contributed by atoms with Crippen LogP contribution in [0.15, 0.2) is 48.7 Å². The van der Waals surface area contributed by atoms with Gasteiger partial charge in [0.2, 0.25) is 5.91 Å². The predicted molar refractivity (Wildman–Crippen MR) is 104 cm³/mol. The van der Waals surface area contributed by atoms with Gasteiger partial charge in [-0.25, -0.2) is 0 Å². The average molecular weight is 363 g/mol. The minimum absolute atomic E-state index is 0.0165. The molecule has 1 saturated heterocycles. The second kappa shape index (κ2) is 6.79. The minimum Gasteiger partial charge on any atom is -0.497 e. The van der Waals surface area contributed by atoms with Gasteiger partial charge >= 0.3 is 0 Å². The van der Waals surface area contributed by atoms with Gasteiger partial charge in [0, 0.05) is 41.3 Å². The van der Waals surface area contributed by atoms with Gasteiger partial charge in [0.1, 0.15) is 11.8 Å². The standard InChI is InChI=1S/C21H21N3O3/c1-13-5-3-4-6-17(13)23-21(26)20(24-10-9-19(24)25)16-12-22-18-8-7-14(27-2)11-15(16)18/h3-8,11-12,20,22H,9-10H2,1-2H3,(H,23,26)/t20-/m1/s1. The summed E-state index contributed by atoms with van der Waals surface area (Å²) < 4.78 is 5.33. The number of nitrogens with zero attached hydrogens (tertiary/aromatic N) is 1. The predicted octanol–water partition coefficient (Wildman–Crippen LogP) is 3.40. The summed E-state index contributed by atoms with van der Waals surface area (Å²) in [6, 6.07) is 12.6. The van der Waals surface area contributed by atoms with Crippen LogP contribution in [0.5, 0.6) is 5.75 Å². The molecule has 0 radical (unpaired) electrons. The summed E-state index contributed by atoms with van der Waals surface area (Å²) in [7, 11) is 1.61. The molecule has 6 heteroatoms. The molecule has 0 spiro atoms. The van der Waals surface area contributed by atoms with Crippen LogP contribution in [-0.2, 0) is 9.59 Å². The Hall–Kier alpha value is -3.28. The molecule has 1 atom stereocenters. The van der Waals surface area contributed by atoms with E-state index in [1.54, 1.807) is 18.2 Å². The van der Waals surface area contributed by atoms with Crippen LogP contribution < -0.4 is 10.1 Å². The molecule has 2 heterocycles. The number of H-pyrrole nitrogens is 1. The normalized spacial score (nSPS) is 14.7. The maximum atomic E-state index is 13.2. The molecule has 0 saturated carbocycles. The number of anilines is 1. The number of aromatic nitrogens is 1.